The number of primary amides is 2. The molecule has 18 nitrogen and oxygen atoms in total. The van der Waals surface area contributed by atoms with Crippen LogP contribution in [0.1, 0.15) is 58.8 Å². The number of carbonyl (C=O) groups is 2. The number of alkyl halides is 2. The zero-order valence-electron chi connectivity index (χ0n) is 37.5. The molecule has 0 saturated carbocycles. The summed E-state index contributed by atoms with van der Waals surface area (Å²) in [5.74, 6) is -3.66. The van der Waals surface area contributed by atoms with Gasteiger partial charge in [-0.1, -0.05) is 0 Å². The van der Waals surface area contributed by atoms with Crippen LogP contribution < -0.4 is 20.9 Å². The van der Waals surface area contributed by atoms with Gasteiger partial charge in [0.1, 0.15) is 34.2 Å². The number of carbonyl (C=O) groups excluding carboxylic acids is 2. The van der Waals surface area contributed by atoms with Crippen LogP contribution in [0.25, 0.3) is 66.9 Å². The average Bonchev–Trinajstić information content (AvgIpc) is 4.06. The largest absolute Gasteiger partial charge is 0.495 e. The Hall–Kier alpha value is -7.06. The second-order valence-corrected chi connectivity index (χ2v) is 16.5. The number of amides is 2. The SMILES string of the molecule is CCn1nc(C)cc1-c1ncc2c3cc(C(N)=O)cc(OC)c3n(CC(F)(F)CCn3c4nc(-c5cc(C)nn5CC)ncc4c4cc(C(N)=O)cc(OCCCN5CCOCC5)c43)c2n1. The van der Waals surface area contributed by atoms with E-state index < -0.39 is 30.7 Å². The van der Waals surface area contributed by atoms with Crippen LogP contribution in [0, 0.1) is 13.8 Å². The maximum absolute atomic E-state index is 17.2. The maximum atomic E-state index is 17.2. The number of nitrogens with zero attached hydrogens (tertiary/aromatic N) is 11. The molecule has 0 spiro atoms. The molecule has 1 fully saturated rings. The quantitative estimate of drug-likeness (QED) is 0.102. The van der Waals surface area contributed by atoms with Gasteiger partial charge >= 0.3 is 0 Å². The molecule has 0 atom stereocenters. The minimum atomic E-state index is -3.40. The van der Waals surface area contributed by atoms with Crippen molar-refractivity contribution in [2.45, 2.75) is 72.6 Å². The van der Waals surface area contributed by atoms with Gasteiger partial charge in [0, 0.05) is 90.8 Å². The van der Waals surface area contributed by atoms with E-state index in [9.17, 15) is 9.59 Å². The zero-order valence-corrected chi connectivity index (χ0v) is 37.5. The minimum Gasteiger partial charge on any atom is -0.495 e. The van der Waals surface area contributed by atoms with Crippen molar-refractivity contribution < 1.29 is 32.6 Å². The van der Waals surface area contributed by atoms with Crippen molar-refractivity contribution in [1.82, 2.24) is 53.5 Å². The molecule has 0 unspecified atom stereocenters. The van der Waals surface area contributed by atoms with Crippen LogP contribution in [-0.4, -0.2) is 118 Å². The lowest BCUT2D eigenvalue weighted by atomic mass is 10.1. The van der Waals surface area contributed by atoms with Crippen LogP contribution in [0.5, 0.6) is 11.5 Å². The van der Waals surface area contributed by atoms with Gasteiger partial charge in [-0.3, -0.25) is 23.9 Å². The van der Waals surface area contributed by atoms with Gasteiger partial charge in [0.15, 0.2) is 11.6 Å². The van der Waals surface area contributed by atoms with Gasteiger partial charge in [0.25, 0.3) is 5.92 Å². The van der Waals surface area contributed by atoms with E-state index in [4.69, 9.17) is 40.6 Å². The van der Waals surface area contributed by atoms with Crippen LogP contribution in [0.4, 0.5) is 8.78 Å². The van der Waals surface area contributed by atoms with Gasteiger partial charge in [-0.25, -0.2) is 28.7 Å². The average molecular weight is 904 g/mol. The number of halogens is 2. The highest BCUT2D eigenvalue weighted by Crippen LogP contribution is 2.40. The standard InChI is InChI=1S/C46H51F2N13O5/c1-6-60-34(17-26(3)55-60)42-51-23-32-31-20-29(41(50)63)22-37(66-14-8-10-57-12-15-65-16-13-57)39(31)58(44(32)53-42)11-9-46(47,48)25-59-38-30(19-28(40(49)62)21-36(38)64-5)33-24-52-43(54-45(33)59)35-18-27(4)56-61(35)7-2/h17-24H,6-16,25H2,1-5H3,(H2,49,62)(H2,50,63). The molecule has 9 rings (SSSR count). The number of rotatable bonds is 17. The molecule has 2 amide bonds. The molecule has 66 heavy (non-hydrogen) atoms. The molecular weight excluding hydrogens is 853 g/mol. The van der Waals surface area contributed by atoms with Crippen LogP contribution in [0.3, 0.4) is 0 Å². The monoisotopic (exact) mass is 903 g/mol. The molecule has 0 aliphatic carbocycles. The lowest BCUT2D eigenvalue weighted by molar-refractivity contribution is -0.0258. The van der Waals surface area contributed by atoms with Gasteiger partial charge < -0.3 is 34.8 Å². The number of benzene rings is 2. The fourth-order valence-electron chi connectivity index (χ4n) is 8.91. The number of methoxy groups -OCH3 is 1. The summed E-state index contributed by atoms with van der Waals surface area (Å²) in [6.07, 6.45) is 3.19. The maximum Gasteiger partial charge on any atom is 0.267 e. The highest BCUT2D eigenvalue weighted by molar-refractivity contribution is 6.13. The first-order chi connectivity index (χ1) is 31.8. The van der Waals surface area contributed by atoms with E-state index in [-0.39, 0.29) is 35.7 Å². The molecule has 1 aliphatic heterocycles. The first-order valence-electron chi connectivity index (χ1n) is 22.0. The second-order valence-electron chi connectivity index (χ2n) is 16.5. The van der Waals surface area contributed by atoms with E-state index in [0.29, 0.717) is 99.7 Å². The van der Waals surface area contributed by atoms with E-state index in [2.05, 4.69) is 20.1 Å². The molecule has 20 heteroatoms. The van der Waals surface area contributed by atoms with Crippen LogP contribution in [0.15, 0.2) is 48.8 Å². The highest BCUT2D eigenvalue weighted by atomic mass is 19.3. The third-order valence-electron chi connectivity index (χ3n) is 12.0. The molecule has 6 aromatic heterocycles. The Bertz CT molecular complexity index is 3160. The number of aryl methyl sites for hydroxylation is 5. The van der Waals surface area contributed by atoms with Gasteiger partial charge in [0.05, 0.1) is 55.9 Å². The van der Waals surface area contributed by atoms with Crippen molar-refractivity contribution in [2.75, 3.05) is 46.6 Å². The zero-order chi connectivity index (χ0) is 46.4. The Morgan fingerprint density at radius 1 is 0.742 bits per heavy atom. The molecule has 0 radical (unpaired) electrons. The number of aromatic nitrogens is 10. The molecule has 1 aliphatic rings. The number of ether oxygens (including phenoxy) is 3. The molecular formula is C46H51F2N13O5. The summed E-state index contributed by atoms with van der Waals surface area (Å²) in [6.45, 7) is 11.6. The smallest absolute Gasteiger partial charge is 0.267 e. The van der Waals surface area contributed by atoms with Crippen molar-refractivity contribution in [3.05, 3.63) is 71.3 Å². The summed E-state index contributed by atoms with van der Waals surface area (Å²) in [5.41, 5.74) is 16.1. The van der Waals surface area contributed by atoms with Crippen molar-refractivity contribution in [2.24, 2.45) is 11.5 Å². The molecule has 7 heterocycles. The van der Waals surface area contributed by atoms with E-state index in [1.54, 1.807) is 44.5 Å². The third-order valence-corrected chi connectivity index (χ3v) is 12.0. The van der Waals surface area contributed by atoms with Crippen LogP contribution in [0.2, 0.25) is 0 Å². The number of hydrogen-bond acceptors (Lipinski definition) is 12. The molecule has 2 aromatic carbocycles. The van der Waals surface area contributed by atoms with Crippen molar-refractivity contribution in [3.8, 4) is 34.5 Å². The first-order valence-corrected chi connectivity index (χ1v) is 22.0. The van der Waals surface area contributed by atoms with Gasteiger partial charge in [-0.15, -0.1) is 0 Å². The second kappa shape index (κ2) is 17.7. The van der Waals surface area contributed by atoms with E-state index in [1.807, 2.05) is 39.8 Å². The number of morpholine rings is 1. The number of fused-ring (bicyclic) bond motifs is 6. The highest BCUT2D eigenvalue weighted by Gasteiger charge is 2.34. The summed E-state index contributed by atoms with van der Waals surface area (Å²) < 4.78 is 58.8. The lowest BCUT2D eigenvalue weighted by Gasteiger charge is -2.26. The Morgan fingerprint density at radius 2 is 1.27 bits per heavy atom. The minimum absolute atomic E-state index is 0.136. The van der Waals surface area contributed by atoms with E-state index >= 15 is 8.78 Å². The van der Waals surface area contributed by atoms with Crippen molar-refractivity contribution in [3.63, 3.8) is 0 Å². The molecule has 0 bridgehead atoms. The molecule has 8 aromatic rings. The van der Waals surface area contributed by atoms with Crippen molar-refractivity contribution >= 4 is 55.7 Å². The van der Waals surface area contributed by atoms with Gasteiger partial charge in [-0.2, -0.15) is 10.2 Å². The summed E-state index contributed by atoms with van der Waals surface area (Å²) in [7, 11) is 1.40. The van der Waals surface area contributed by atoms with E-state index in [1.165, 1.54) is 17.7 Å². The summed E-state index contributed by atoms with van der Waals surface area (Å²) in [5, 5.41) is 11.0. The summed E-state index contributed by atoms with van der Waals surface area (Å²) >= 11 is 0. The van der Waals surface area contributed by atoms with E-state index in [0.717, 1.165) is 31.0 Å². The molecule has 1 saturated heterocycles. The Labute approximate surface area is 377 Å². The molecule has 4 N–H and O–H groups in total. The van der Waals surface area contributed by atoms with Crippen LogP contribution >= 0.6 is 0 Å². The molecule has 344 valence electrons. The number of nitrogens with two attached hydrogens (primary N) is 2. The van der Waals surface area contributed by atoms with Gasteiger partial charge in [-0.05, 0) is 70.5 Å². The normalized spacial score (nSPS) is 13.7. The Balaban J connectivity index is 1.15. The lowest BCUT2D eigenvalue weighted by Crippen LogP contribution is -2.37. The first kappa shape index (κ1) is 44.2. The van der Waals surface area contributed by atoms with Gasteiger partial charge in [0.2, 0.25) is 11.8 Å². The topological polar surface area (TPSA) is 214 Å². The van der Waals surface area contributed by atoms with Crippen molar-refractivity contribution in [1.29, 1.82) is 0 Å². The van der Waals surface area contributed by atoms with Crippen LogP contribution in [-0.2, 0) is 30.9 Å². The Morgan fingerprint density at radius 3 is 1.80 bits per heavy atom. The fraction of sp³-hybridized carbons (Fsp3) is 0.391. The predicted molar refractivity (Wildman–Crippen MR) is 244 cm³/mol. The fourth-order valence-corrected chi connectivity index (χ4v) is 8.91. The summed E-state index contributed by atoms with van der Waals surface area (Å²) in [4.78, 5) is 46.8. The summed E-state index contributed by atoms with van der Waals surface area (Å²) in [6, 6.07) is 9.89. The number of hydrogen-bond donors (Lipinski definition) is 2. The predicted octanol–water partition coefficient (Wildman–Crippen LogP) is 5.90. The third kappa shape index (κ3) is 8.25. The Kier molecular flexibility index (Phi) is 11.9.